The summed E-state index contributed by atoms with van der Waals surface area (Å²) in [4.78, 5) is 0. The lowest BCUT2D eigenvalue weighted by molar-refractivity contribution is 0.0841. The summed E-state index contributed by atoms with van der Waals surface area (Å²) in [5, 5.41) is 6.61. The molecule has 0 radical (unpaired) electrons. The Labute approximate surface area is 166 Å². The van der Waals surface area contributed by atoms with E-state index in [1.807, 2.05) is 41.2 Å². The topological polar surface area (TPSA) is 49.4 Å². The first-order chi connectivity index (χ1) is 13.4. The van der Waals surface area contributed by atoms with Gasteiger partial charge in [0.05, 0.1) is 25.4 Å². The normalized spacial score (nSPS) is 12.7. The Morgan fingerprint density at radius 1 is 1.11 bits per heavy atom. The highest BCUT2D eigenvalue weighted by atomic mass is 32.3. The predicted octanol–water partition coefficient (Wildman–Crippen LogP) is 5.13. The Hall–Kier alpha value is -2.44. The van der Waals surface area contributed by atoms with Crippen molar-refractivity contribution in [3.05, 3.63) is 48.7 Å². The Morgan fingerprint density at radius 3 is 2.75 bits per heavy atom. The van der Waals surface area contributed by atoms with Crippen LogP contribution in [0.1, 0.15) is 0 Å². The third kappa shape index (κ3) is 3.88. The van der Waals surface area contributed by atoms with Gasteiger partial charge in [-0.25, -0.2) is 14.7 Å². The molecular formula is C22H26N2O3S. The van der Waals surface area contributed by atoms with Crippen LogP contribution in [0.3, 0.4) is 0 Å². The SMILES string of the molecule is COc1ccc2oc(-c3cccc4c3cnn4COCCS(C)(C)C)cc2c1. The summed E-state index contributed by atoms with van der Waals surface area (Å²) in [6.45, 7) is 1.21. The van der Waals surface area contributed by atoms with Crippen LogP contribution in [-0.4, -0.2) is 48.0 Å². The maximum Gasteiger partial charge on any atom is 0.140 e. The van der Waals surface area contributed by atoms with E-state index in [4.69, 9.17) is 13.9 Å². The summed E-state index contributed by atoms with van der Waals surface area (Å²) < 4.78 is 19.2. The van der Waals surface area contributed by atoms with Gasteiger partial charge in [-0.05, 0) is 49.1 Å². The van der Waals surface area contributed by atoms with E-state index in [9.17, 15) is 0 Å². The highest BCUT2D eigenvalue weighted by Gasteiger charge is 2.13. The second-order valence-corrected chi connectivity index (χ2v) is 12.3. The van der Waals surface area contributed by atoms with Gasteiger partial charge in [0.15, 0.2) is 0 Å². The third-order valence-corrected chi connectivity index (χ3v) is 6.12. The summed E-state index contributed by atoms with van der Waals surface area (Å²) in [7, 11) is 1.12. The lowest BCUT2D eigenvalue weighted by Gasteiger charge is -2.24. The van der Waals surface area contributed by atoms with Gasteiger partial charge in [0, 0.05) is 22.1 Å². The summed E-state index contributed by atoms with van der Waals surface area (Å²) >= 11 is 0. The molecule has 148 valence electrons. The Kier molecular flexibility index (Phi) is 5.08. The third-order valence-electron chi connectivity index (χ3n) is 4.73. The molecule has 2 aromatic carbocycles. The standard InChI is InChI=1S/C22H26N2O3S/c1-25-17-8-9-21-16(12-17)13-22(27-21)18-6-5-7-20-19(18)14-23-24(20)15-26-10-11-28(2,3)4/h5-9,12-14H,10-11,15H2,1-4H3. The van der Waals surface area contributed by atoms with Gasteiger partial charge < -0.3 is 13.9 Å². The molecule has 0 atom stereocenters. The molecule has 0 unspecified atom stereocenters. The first-order valence-electron chi connectivity index (χ1n) is 9.21. The van der Waals surface area contributed by atoms with Crippen molar-refractivity contribution in [1.82, 2.24) is 9.78 Å². The number of benzene rings is 2. The van der Waals surface area contributed by atoms with E-state index >= 15 is 0 Å². The number of rotatable bonds is 7. The van der Waals surface area contributed by atoms with Crippen LogP contribution in [0.15, 0.2) is 53.1 Å². The number of methoxy groups -OCH3 is 1. The fraction of sp³-hybridized carbons (Fsp3) is 0.318. The first kappa shape index (κ1) is 18.9. The van der Waals surface area contributed by atoms with Crippen LogP contribution in [0.4, 0.5) is 0 Å². The molecule has 0 aliphatic heterocycles. The molecule has 4 aromatic rings. The van der Waals surface area contributed by atoms with E-state index in [0.29, 0.717) is 6.73 Å². The maximum atomic E-state index is 6.09. The van der Waals surface area contributed by atoms with Crippen LogP contribution >= 0.6 is 10.0 Å². The number of furan rings is 1. The number of aromatic nitrogens is 2. The molecule has 6 heteroatoms. The van der Waals surface area contributed by atoms with Crippen molar-refractivity contribution >= 4 is 31.9 Å². The second-order valence-electron chi connectivity index (χ2n) is 7.73. The van der Waals surface area contributed by atoms with Gasteiger partial charge in [0.2, 0.25) is 0 Å². The van der Waals surface area contributed by atoms with Gasteiger partial charge in [-0.2, -0.15) is 5.10 Å². The number of hydrogen-bond acceptors (Lipinski definition) is 4. The van der Waals surface area contributed by atoms with E-state index < -0.39 is 10.0 Å². The largest absolute Gasteiger partial charge is 0.497 e. The molecule has 0 N–H and O–H groups in total. The van der Waals surface area contributed by atoms with Gasteiger partial charge in [-0.3, -0.25) is 0 Å². The predicted molar refractivity (Wildman–Crippen MR) is 118 cm³/mol. The molecule has 28 heavy (non-hydrogen) atoms. The quantitative estimate of drug-likeness (QED) is 0.405. The highest BCUT2D eigenvalue weighted by molar-refractivity contribution is 8.32. The van der Waals surface area contributed by atoms with E-state index in [-0.39, 0.29) is 0 Å². The zero-order valence-electron chi connectivity index (χ0n) is 16.8. The van der Waals surface area contributed by atoms with E-state index in [1.165, 1.54) is 0 Å². The average Bonchev–Trinajstić information content (AvgIpc) is 3.27. The minimum Gasteiger partial charge on any atom is -0.497 e. The molecule has 0 spiro atoms. The molecule has 2 heterocycles. The van der Waals surface area contributed by atoms with Crippen LogP contribution in [0, 0.1) is 0 Å². The minimum atomic E-state index is -0.544. The fourth-order valence-corrected chi connectivity index (χ4v) is 3.78. The number of ether oxygens (including phenoxy) is 2. The highest BCUT2D eigenvalue weighted by Crippen LogP contribution is 2.35. The van der Waals surface area contributed by atoms with Crippen molar-refractivity contribution in [2.24, 2.45) is 0 Å². The lowest BCUT2D eigenvalue weighted by atomic mass is 10.1. The fourth-order valence-electron chi connectivity index (χ4n) is 3.16. The molecule has 0 aliphatic carbocycles. The zero-order valence-corrected chi connectivity index (χ0v) is 17.6. The average molecular weight is 399 g/mol. The number of nitrogens with zero attached hydrogens (tertiary/aromatic N) is 2. The van der Waals surface area contributed by atoms with Gasteiger partial charge >= 0.3 is 0 Å². The van der Waals surface area contributed by atoms with E-state index in [2.05, 4.69) is 36.0 Å². The molecule has 0 saturated carbocycles. The minimum absolute atomic E-state index is 0.458. The number of hydrogen-bond donors (Lipinski definition) is 0. The van der Waals surface area contributed by atoms with Crippen LogP contribution < -0.4 is 4.74 Å². The number of fused-ring (bicyclic) bond motifs is 2. The molecule has 0 saturated heterocycles. The van der Waals surface area contributed by atoms with E-state index in [0.717, 1.165) is 51.3 Å². The van der Waals surface area contributed by atoms with E-state index in [1.54, 1.807) is 7.11 Å². The Bertz CT molecular complexity index is 1110. The molecule has 0 amide bonds. The van der Waals surface area contributed by atoms with Crippen molar-refractivity contribution in [2.75, 3.05) is 38.2 Å². The van der Waals surface area contributed by atoms with Crippen LogP contribution in [0.5, 0.6) is 5.75 Å². The van der Waals surface area contributed by atoms with Crippen molar-refractivity contribution in [2.45, 2.75) is 6.73 Å². The molecule has 4 rings (SSSR count). The van der Waals surface area contributed by atoms with Crippen molar-refractivity contribution in [1.29, 1.82) is 0 Å². The molecule has 0 bridgehead atoms. The summed E-state index contributed by atoms with van der Waals surface area (Å²) in [5.41, 5.74) is 2.91. The summed E-state index contributed by atoms with van der Waals surface area (Å²) in [6.07, 6.45) is 8.79. The van der Waals surface area contributed by atoms with Gasteiger partial charge in [-0.15, -0.1) is 0 Å². The molecule has 0 fully saturated rings. The van der Waals surface area contributed by atoms with Crippen LogP contribution in [0.2, 0.25) is 0 Å². The second kappa shape index (κ2) is 7.53. The zero-order chi connectivity index (χ0) is 19.7. The maximum absolute atomic E-state index is 6.09. The van der Waals surface area contributed by atoms with Crippen molar-refractivity contribution < 1.29 is 13.9 Å². The Morgan fingerprint density at radius 2 is 1.96 bits per heavy atom. The van der Waals surface area contributed by atoms with Gasteiger partial charge in [0.1, 0.15) is 23.8 Å². The van der Waals surface area contributed by atoms with Crippen molar-refractivity contribution in [3.63, 3.8) is 0 Å². The lowest BCUT2D eigenvalue weighted by Crippen LogP contribution is -2.10. The first-order valence-corrected chi connectivity index (χ1v) is 12.2. The van der Waals surface area contributed by atoms with Crippen LogP contribution in [0.25, 0.3) is 33.2 Å². The van der Waals surface area contributed by atoms with Gasteiger partial charge in [-0.1, -0.05) is 12.1 Å². The Balaban J connectivity index is 1.61. The monoisotopic (exact) mass is 398 g/mol. The van der Waals surface area contributed by atoms with Crippen molar-refractivity contribution in [3.8, 4) is 17.1 Å². The van der Waals surface area contributed by atoms with Gasteiger partial charge in [0.25, 0.3) is 0 Å². The molecular weight excluding hydrogens is 372 g/mol. The molecule has 2 aromatic heterocycles. The summed E-state index contributed by atoms with van der Waals surface area (Å²) in [5.74, 6) is 2.74. The molecule has 0 aliphatic rings. The van der Waals surface area contributed by atoms with Crippen LogP contribution in [-0.2, 0) is 11.5 Å². The smallest absolute Gasteiger partial charge is 0.140 e. The molecule has 5 nitrogen and oxygen atoms in total. The summed E-state index contributed by atoms with van der Waals surface area (Å²) in [6, 6.07) is 14.0.